The predicted octanol–water partition coefficient (Wildman–Crippen LogP) is 2.85. The van der Waals surface area contributed by atoms with Crippen LogP contribution in [0.5, 0.6) is 0 Å². The van der Waals surface area contributed by atoms with Gasteiger partial charge in [-0.3, -0.25) is 4.79 Å². The number of hydrogen-bond donors (Lipinski definition) is 2. The first-order valence-electron chi connectivity index (χ1n) is 8.23. The summed E-state index contributed by atoms with van der Waals surface area (Å²) in [5, 5.41) is 14.1. The topological polar surface area (TPSA) is 69.5 Å². The van der Waals surface area contributed by atoms with Crippen LogP contribution in [0.4, 0.5) is 5.69 Å². The van der Waals surface area contributed by atoms with Crippen LogP contribution in [-0.4, -0.2) is 11.9 Å². The second-order valence-electron chi connectivity index (χ2n) is 6.31. The second-order valence-corrected chi connectivity index (χ2v) is 6.31. The van der Waals surface area contributed by atoms with Crippen LogP contribution in [0.1, 0.15) is 37.9 Å². The lowest BCUT2D eigenvalue weighted by Crippen LogP contribution is -2.93. The Morgan fingerprint density at radius 1 is 1.04 bits per heavy atom. The fourth-order valence-electron chi connectivity index (χ4n) is 2.73. The molecule has 4 nitrogen and oxygen atoms in total. The van der Waals surface area contributed by atoms with E-state index in [1.54, 1.807) is 18.2 Å². The van der Waals surface area contributed by atoms with Crippen LogP contribution in [0.3, 0.4) is 0 Å². The van der Waals surface area contributed by atoms with Gasteiger partial charge in [0.25, 0.3) is 5.91 Å². The summed E-state index contributed by atoms with van der Waals surface area (Å²) >= 11 is 0. The van der Waals surface area contributed by atoms with Gasteiger partial charge in [0, 0.05) is 11.5 Å². The number of hydrogen-bond acceptors (Lipinski definition) is 2. The van der Waals surface area contributed by atoms with E-state index in [9.17, 15) is 4.79 Å². The molecule has 2 atom stereocenters. The first-order chi connectivity index (χ1) is 11.5. The van der Waals surface area contributed by atoms with E-state index in [4.69, 9.17) is 5.26 Å². The molecule has 0 aliphatic heterocycles. The Kier molecular flexibility index (Phi) is 6.11. The van der Waals surface area contributed by atoms with Gasteiger partial charge in [-0.05, 0) is 19.1 Å². The van der Waals surface area contributed by atoms with E-state index in [0.717, 1.165) is 0 Å². The van der Waals surface area contributed by atoms with E-state index < -0.39 is 0 Å². The largest absolute Gasteiger partial charge is 0.330 e. The average Bonchev–Trinajstić information content (AvgIpc) is 2.60. The molecule has 0 radical (unpaired) electrons. The highest BCUT2D eigenvalue weighted by Gasteiger charge is 2.26. The van der Waals surface area contributed by atoms with Gasteiger partial charge in [0.2, 0.25) is 0 Å². The van der Waals surface area contributed by atoms with Gasteiger partial charge in [-0.15, -0.1) is 0 Å². The van der Waals surface area contributed by atoms with E-state index in [1.165, 1.54) is 5.56 Å². The lowest BCUT2D eigenvalue weighted by atomic mass is 9.95. The number of nitrogens with one attached hydrogen (secondary N) is 1. The van der Waals surface area contributed by atoms with E-state index >= 15 is 0 Å². The Balaban J connectivity index is 2.08. The molecule has 0 unspecified atom stereocenters. The second kappa shape index (κ2) is 8.28. The molecule has 2 rings (SSSR count). The van der Waals surface area contributed by atoms with Crippen molar-refractivity contribution >= 4 is 11.6 Å². The van der Waals surface area contributed by atoms with Crippen molar-refractivity contribution in [3.05, 3.63) is 65.7 Å². The Labute approximate surface area is 143 Å². The number of para-hydroxylation sites is 1. The first-order valence-corrected chi connectivity index (χ1v) is 8.23. The van der Waals surface area contributed by atoms with Gasteiger partial charge >= 0.3 is 0 Å². The van der Waals surface area contributed by atoms with Gasteiger partial charge in [0.15, 0.2) is 6.04 Å². The van der Waals surface area contributed by atoms with E-state index in [0.29, 0.717) is 17.2 Å². The van der Waals surface area contributed by atoms with Crippen molar-refractivity contribution < 1.29 is 10.1 Å². The van der Waals surface area contributed by atoms with Crippen LogP contribution in [-0.2, 0) is 4.79 Å². The zero-order valence-electron chi connectivity index (χ0n) is 14.4. The quantitative estimate of drug-likeness (QED) is 0.858. The molecule has 2 aromatic rings. The first kappa shape index (κ1) is 17.7. The third kappa shape index (κ3) is 4.43. The van der Waals surface area contributed by atoms with Crippen LogP contribution in [0.2, 0.25) is 0 Å². The van der Waals surface area contributed by atoms with Gasteiger partial charge in [-0.25, -0.2) is 0 Å². The number of rotatable bonds is 6. The van der Waals surface area contributed by atoms with Crippen molar-refractivity contribution in [2.45, 2.75) is 32.9 Å². The summed E-state index contributed by atoms with van der Waals surface area (Å²) in [4.78, 5) is 12.5. The monoisotopic (exact) mass is 322 g/mol. The number of amides is 1. The highest BCUT2D eigenvalue weighted by atomic mass is 16.2. The fraction of sp³-hybridized carbons (Fsp3) is 0.300. The van der Waals surface area contributed by atoms with Crippen LogP contribution in [0, 0.1) is 17.2 Å². The minimum atomic E-state index is -0.260. The Morgan fingerprint density at radius 3 is 2.29 bits per heavy atom. The molecule has 0 fully saturated rings. The minimum Gasteiger partial charge on any atom is -0.330 e. The summed E-state index contributed by atoms with van der Waals surface area (Å²) in [6.07, 6.45) is 0. The lowest BCUT2D eigenvalue weighted by Gasteiger charge is -2.23. The molecule has 24 heavy (non-hydrogen) atoms. The molecule has 0 saturated heterocycles. The summed E-state index contributed by atoms with van der Waals surface area (Å²) < 4.78 is 0. The van der Waals surface area contributed by atoms with Gasteiger partial charge in [0.1, 0.15) is 12.1 Å². The van der Waals surface area contributed by atoms with Crippen molar-refractivity contribution in [3.63, 3.8) is 0 Å². The third-order valence-electron chi connectivity index (χ3n) is 4.12. The maximum Gasteiger partial charge on any atom is 0.282 e. The summed E-state index contributed by atoms with van der Waals surface area (Å²) in [6, 6.07) is 19.3. The number of nitrogens with zero attached hydrogens (tertiary/aromatic N) is 1. The maximum absolute atomic E-state index is 12.5. The molecular formula is C20H24N3O+. The zero-order valence-corrected chi connectivity index (χ0v) is 14.4. The highest BCUT2D eigenvalue weighted by Crippen LogP contribution is 2.18. The average molecular weight is 322 g/mol. The molecule has 0 saturated carbocycles. The molecule has 3 N–H and O–H groups in total. The Morgan fingerprint density at radius 2 is 1.67 bits per heavy atom. The Hall–Kier alpha value is -2.64. The summed E-state index contributed by atoms with van der Waals surface area (Å²) in [5.74, 6) is 0.299. The number of anilines is 1. The molecule has 2 aromatic carbocycles. The summed E-state index contributed by atoms with van der Waals surface area (Å²) in [5.41, 5.74) is 2.25. The van der Waals surface area contributed by atoms with Crippen LogP contribution < -0.4 is 10.6 Å². The molecule has 4 heteroatoms. The van der Waals surface area contributed by atoms with E-state index in [2.05, 4.69) is 42.7 Å². The molecule has 0 heterocycles. The molecular weight excluding hydrogens is 298 g/mol. The predicted molar refractivity (Wildman–Crippen MR) is 95.2 cm³/mol. The fourth-order valence-corrected chi connectivity index (χ4v) is 2.73. The van der Waals surface area contributed by atoms with Crippen molar-refractivity contribution in [3.8, 4) is 6.07 Å². The SMILES string of the molecule is CC(C)[C@H]([NH2+][C@@H](C)C(=O)Nc1ccccc1C#N)c1ccccc1. The highest BCUT2D eigenvalue weighted by molar-refractivity contribution is 5.94. The summed E-state index contributed by atoms with van der Waals surface area (Å²) in [7, 11) is 0. The van der Waals surface area contributed by atoms with Gasteiger partial charge < -0.3 is 10.6 Å². The standard InChI is InChI=1S/C20H23N3O/c1-14(2)19(16-9-5-4-6-10-16)22-15(3)20(24)23-18-12-8-7-11-17(18)13-21/h4-12,14-15,19,22H,1-3H3,(H,23,24)/p+1/t15-,19-/m0/s1. The number of benzene rings is 2. The van der Waals surface area contributed by atoms with Crippen molar-refractivity contribution in [1.29, 1.82) is 5.26 Å². The number of carbonyl (C=O) groups is 1. The Bertz CT molecular complexity index is 719. The lowest BCUT2D eigenvalue weighted by molar-refractivity contribution is -0.718. The zero-order chi connectivity index (χ0) is 17.5. The number of quaternary nitrogens is 1. The van der Waals surface area contributed by atoms with Gasteiger partial charge in [-0.2, -0.15) is 5.26 Å². The maximum atomic E-state index is 12.5. The minimum absolute atomic E-state index is 0.0979. The van der Waals surface area contributed by atoms with E-state index in [-0.39, 0.29) is 18.0 Å². The molecule has 0 aliphatic rings. The van der Waals surface area contributed by atoms with Crippen LogP contribution in [0.25, 0.3) is 0 Å². The number of carbonyl (C=O) groups excluding carboxylic acids is 1. The normalized spacial score (nSPS) is 13.1. The molecule has 0 aromatic heterocycles. The molecule has 0 spiro atoms. The van der Waals surface area contributed by atoms with Gasteiger partial charge in [0.05, 0.1) is 11.3 Å². The van der Waals surface area contributed by atoms with Gasteiger partial charge in [-0.1, -0.05) is 56.3 Å². The number of nitriles is 1. The van der Waals surface area contributed by atoms with E-state index in [1.807, 2.05) is 31.2 Å². The number of nitrogens with two attached hydrogens (primary N) is 1. The molecule has 0 bridgehead atoms. The molecule has 0 aliphatic carbocycles. The smallest absolute Gasteiger partial charge is 0.282 e. The third-order valence-corrected chi connectivity index (χ3v) is 4.12. The molecule has 124 valence electrons. The van der Waals surface area contributed by atoms with Crippen molar-refractivity contribution in [1.82, 2.24) is 0 Å². The summed E-state index contributed by atoms with van der Waals surface area (Å²) in [6.45, 7) is 6.20. The van der Waals surface area contributed by atoms with Crippen LogP contribution >= 0.6 is 0 Å². The van der Waals surface area contributed by atoms with Crippen LogP contribution in [0.15, 0.2) is 54.6 Å². The van der Waals surface area contributed by atoms with Crippen molar-refractivity contribution in [2.24, 2.45) is 5.92 Å². The molecule has 1 amide bonds. The van der Waals surface area contributed by atoms with Crippen molar-refractivity contribution in [2.75, 3.05) is 5.32 Å².